The molecule has 1 fully saturated rings. The molecule has 98 valence electrons. The number of likely N-dealkylation sites (N-methyl/N-ethyl adjacent to an activating group) is 1. The van der Waals surface area contributed by atoms with Crippen LogP contribution in [0.4, 0.5) is 0 Å². The molecule has 1 heterocycles. The summed E-state index contributed by atoms with van der Waals surface area (Å²) in [6.45, 7) is 3.72. The van der Waals surface area contributed by atoms with Crippen molar-refractivity contribution >= 4 is 5.91 Å². The van der Waals surface area contributed by atoms with Crippen LogP contribution in [-0.2, 0) is 9.53 Å². The lowest BCUT2D eigenvalue weighted by Crippen LogP contribution is -2.28. The second kappa shape index (κ2) is 6.26. The number of carbonyl (C=O) groups is 1. The highest BCUT2D eigenvalue weighted by Gasteiger charge is 2.23. The molecule has 1 amide bonds. The van der Waals surface area contributed by atoms with Gasteiger partial charge in [0, 0.05) is 6.54 Å². The topological polar surface area (TPSA) is 60.1 Å². The smallest absolute Gasteiger partial charge is 0.257 e. The number of para-hydroxylation sites is 2. The summed E-state index contributed by atoms with van der Waals surface area (Å²) in [7, 11) is 0. The van der Waals surface area contributed by atoms with Gasteiger partial charge in [0.1, 0.15) is 12.7 Å². The second-order valence-electron chi connectivity index (χ2n) is 3.96. The van der Waals surface area contributed by atoms with Crippen LogP contribution < -0.4 is 14.8 Å². The van der Waals surface area contributed by atoms with Crippen LogP contribution in [0.1, 0.15) is 6.92 Å². The molecule has 0 aliphatic carbocycles. The van der Waals surface area contributed by atoms with E-state index in [-0.39, 0.29) is 18.6 Å². The van der Waals surface area contributed by atoms with Crippen LogP contribution in [0.15, 0.2) is 24.3 Å². The predicted molar refractivity (Wildman–Crippen MR) is 65.9 cm³/mol. The Bertz CT molecular complexity index is 404. The molecule has 0 saturated carbocycles. The lowest BCUT2D eigenvalue weighted by atomic mass is 10.3. The van der Waals surface area contributed by atoms with Crippen molar-refractivity contribution in [3.05, 3.63) is 24.3 Å². The van der Waals surface area contributed by atoms with Crippen LogP contribution in [0.3, 0.4) is 0 Å². The number of rotatable bonds is 7. The molecule has 0 spiro atoms. The molecule has 2 rings (SSSR count). The summed E-state index contributed by atoms with van der Waals surface area (Å²) in [6.07, 6.45) is 0.196. The first-order valence-electron chi connectivity index (χ1n) is 6.02. The Labute approximate surface area is 106 Å². The van der Waals surface area contributed by atoms with Crippen molar-refractivity contribution < 1.29 is 19.0 Å². The maximum atomic E-state index is 11.3. The van der Waals surface area contributed by atoms with Gasteiger partial charge in [-0.25, -0.2) is 0 Å². The average Bonchev–Trinajstić information content (AvgIpc) is 3.19. The van der Waals surface area contributed by atoms with Crippen molar-refractivity contribution in [3.8, 4) is 11.5 Å². The van der Waals surface area contributed by atoms with Gasteiger partial charge in [0.25, 0.3) is 5.91 Å². The van der Waals surface area contributed by atoms with Crippen LogP contribution >= 0.6 is 0 Å². The minimum absolute atomic E-state index is 0.00581. The number of amides is 1. The molecule has 0 radical (unpaired) electrons. The highest BCUT2D eigenvalue weighted by molar-refractivity contribution is 5.77. The fourth-order valence-corrected chi connectivity index (χ4v) is 1.43. The summed E-state index contributed by atoms with van der Waals surface area (Å²) >= 11 is 0. The van der Waals surface area contributed by atoms with Gasteiger partial charge in [-0.05, 0) is 19.1 Å². The Morgan fingerprint density at radius 3 is 2.67 bits per heavy atom. The molecular weight excluding hydrogens is 234 g/mol. The molecule has 1 aliphatic rings. The Morgan fingerprint density at radius 1 is 1.39 bits per heavy atom. The summed E-state index contributed by atoms with van der Waals surface area (Å²) in [5.74, 6) is 1.07. The summed E-state index contributed by atoms with van der Waals surface area (Å²) in [4.78, 5) is 11.3. The first-order valence-corrected chi connectivity index (χ1v) is 6.02. The predicted octanol–water partition coefficient (Wildman–Crippen LogP) is 0.979. The monoisotopic (exact) mass is 251 g/mol. The zero-order valence-electron chi connectivity index (χ0n) is 10.3. The normalized spacial score (nSPS) is 17.1. The van der Waals surface area contributed by atoms with E-state index in [1.165, 1.54) is 0 Å². The fraction of sp³-hybridized carbons (Fsp3) is 0.462. The largest absolute Gasteiger partial charge is 0.487 e. The molecule has 1 unspecified atom stereocenters. The third-order valence-corrected chi connectivity index (χ3v) is 2.41. The summed E-state index contributed by atoms with van der Waals surface area (Å²) in [6, 6.07) is 7.30. The number of benzene rings is 1. The number of epoxide rings is 1. The Hall–Kier alpha value is -1.75. The van der Waals surface area contributed by atoms with Crippen molar-refractivity contribution in [2.24, 2.45) is 0 Å². The first kappa shape index (κ1) is 12.7. The minimum atomic E-state index is -0.141. The Morgan fingerprint density at radius 2 is 2.06 bits per heavy atom. The zero-order valence-corrected chi connectivity index (χ0v) is 10.3. The zero-order chi connectivity index (χ0) is 12.8. The molecule has 1 aromatic carbocycles. The quantitative estimate of drug-likeness (QED) is 0.734. The van der Waals surface area contributed by atoms with E-state index in [1.807, 2.05) is 25.1 Å². The summed E-state index contributed by atoms with van der Waals surface area (Å²) < 4.78 is 16.1. The maximum absolute atomic E-state index is 11.3. The molecule has 5 heteroatoms. The van der Waals surface area contributed by atoms with E-state index in [9.17, 15) is 4.79 Å². The fourth-order valence-electron chi connectivity index (χ4n) is 1.43. The van der Waals surface area contributed by atoms with Crippen molar-refractivity contribution in [1.29, 1.82) is 0 Å². The van der Waals surface area contributed by atoms with E-state index in [0.717, 1.165) is 6.61 Å². The molecule has 1 atom stereocenters. The van der Waals surface area contributed by atoms with Gasteiger partial charge in [0.05, 0.1) is 6.61 Å². The third-order valence-electron chi connectivity index (χ3n) is 2.41. The molecule has 1 aliphatic heterocycles. The highest BCUT2D eigenvalue weighted by atomic mass is 16.6. The van der Waals surface area contributed by atoms with Gasteiger partial charge >= 0.3 is 0 Å². The lowest BCUT2D eigenvalue weighted by molar-refractivity contribution is -0.123. The standard InChI is InChI=1S/C13H17NO4/c1-2-14-13(15)9-18-12-6-4-3-5-11(12)17-8-10-7-16-10/h3-6,10H,2,7-9H2,1H3,(H,14,15). The van der Waals surface area contributed by atoms with E-state index in [2.05, 4.69) is 5.32 Å². The number of hydrogen-bond donors (Lipinski definition) is 1. The van der Waals surface area contributed by atoms with Gasteiger partial charge in [-0.1, -0.05) is 12.1 Å². The molecule has 1 N–H and O–H groups in total. The molecule has 5 nitrogen and oxygen atoms in total. The molecule has 1 aromatic rings. The van der Waals surface area contributed by atoms with Gasteiger partial charge in [-0.3, -0.25) is 4.79 Å². The molecule has 18 heavy (non-hydrogen) atoms. The molecule has 0 aromatic heterocycles. The Balaban J connectivity index is 1.87. The van der Waals surface area contributed by atoms with E-state index in [4.69, 9.17) is 14.2 Å². The summed E-state index contributed by atoms with van der Waals surface area (Å²) in [5.41, 5.74) is 0. The van der Waals surface area contributed by atoms with E-state index < -0.39 is 0 Å². The number of carbonyl (C=O) groups excluding carboxylic acids is 1. The SMILES string of the molecule is CCNC(=O)COc1ccccc1OCC1CO1. The van der Waals surface area contributed by atoms with Crippen LogP contribution in [-0.4, -0.2) is 38.4 Å². The van der Waals surface area contributed by atoms with Crippen LogP contribution in [0.2, 0.25) is 0 Å². The second-order valence-corrected chi connectivity index (χ2v) is 3.96. The highest BCUT2D eigenvalue weighted by Crippen LogP contribution is 2.27. The van der Waals surface area contributed by atoms with Crippen molar-refractivity contribution in [1.82, 2.24) is 5.32 Å². The molecule has 0 bridgehead atoms. The van der Waals surface area contributed by atoms with Crippen molar-refractivity contribution in [3.63, 3.8) is 0 Å². The Kier molecular flexibility index (Phi) is 4.41. The van der Waals surface area contributed by atoms with Crippen molar-refractivity contribution in [2.45, 2.75) is 13.0 Å². The molecule has 1 saturated heterocycles. The van der Waals surface area contributed by atoms with Gasteiger partial charge in [-0.2, -0.15) is 0 Å². The van der Waals surface area contributed by atoms with E-state index in [0.29, 0.717) is 24.7 Å². The molecular formula is C13H17NO4. The maximum Gasteiger partial charge on any atom is 0.257 e. The number of hydrogen-bond acceptors (Lipinski definition) is 4. The average molecular weight is 251 g/mol. The van der Waals surface area contributed by atoms with Crippen molar-refractivity contribution in [2.75, 3.05) is 26.4 Å². The van der Waals surface area contributed by atoms with E-state index >= 15 is 0 Å². The van der Waals surface area contributed by atoms with Gasteiger partial charge in [-0.15, -0.1) is 0 Å². The van der Waals surface area contributed by atoms with Gasteiger partial charge in [0.15, 0.2) is 18.1 Å². The number of ether oxygens (including phenoxy) is 3. The van der Waals surface area contributed by atoms with Gasteiger partial charge < -0.3 is 19.5 Å². The third kappa shape index (κ3) is 3.92. The van der Waals surface area contributed by atoms with Crippen LogP contribution in [0.5, 0.6) is 11.5 Å². The van der Waals surface area contributed by atoms with Gasteiger partial charge in [0.2, 0.25) is 0 Å². The van der Waals surface area contributed by atoms with Crippen LogP contribution in [0, 0.1) is 0 Å². The van der Waals surface area contributed by atoms with E-state index in [1.54, 1.807) is 6.07 Å². The lowest BCUT2D eigenvalue weighted by Gasteiger charge is -2.11. The van der Waals surface area contributed by atoms with Crippen LogP contribution in [0.25, 0.3) is 0 Å². The number of nitrogens with one attached hydrogen (secondary N) is 1. The summed E-state index contributed by atoms with van der Waals surface area (Å²) in [5, 5.41) is 2.67. The minimum Gasteiger partial charge on any atom is -0.487 e. The first-order chi connectivity index (χ1) is 8.79.